The van der Waals surface area contributed by atoms with E-state index >= 15 is 0 Å². The molecule has 1 saturated heterocycles. The lowest BCUT2D eigenvalue weighted by Crippen LogP contribution is -2.26. The molecule has 0 radical (unpaired) electrons. The SMILES string of the molecule is O=C1C(I)=C[C@H]2CO[C@H]1O2. The molecule has 3 nitrogen and oxygen atoms in total. The van der Waals surface area contributed by atoms with Crippen molar-refractivity contribution in [3.05, 3.63) is 9.66 Å². The highest BCUT2D eigenvalue weighted by Crippen LogP contribution is 2.26. The van der Waals surface area contributed by atoms with Crippen molar-refractivity contribution >= 4 is 28.4 Å². The molecule has 4 heteroatoms. The first kappa shape index (κ1) is 6.75. The van der Waals surface area contributed by atoms with Crippen molar-refractivity contribution in [3.8, 4) is 0 Å². The van der Waals surface area contributed by atoms with Crippen LogP contribution in [0.4, 0.5) is 0 Å². The molecule has 0 spiro atoms. The van der Waals surface area contributed by atoms with Crippen molar-refractivity contribution in [3.63, 3.8) is 0 Å². The number of ketones is 1. The van der Waals surface area contributed by atoms with E-state index < -0.39 is 6.29 Å². The smallest absolute Gasteiger partial charge is 0.224 e. The fourth-order valence-electron chi connectivity index (χ4n) is 1.00. The average molecular weight is 252 g/mol. The number of ether oxygens (including phenoxy) is 2. The van der Waals surface area contributed by atoms with Crippen LogP contribution in [0, 0.1) is 0 Å². The second kappa shape index (κ2) is 2.28. The molecule has 2 aliphatic heterocycles. The minimum Gasteiger partial charge on any atom is -0.343 e. The second-order valence-electron chi connectivity index (χ2n) is 2.22. The van der Waals surface area contributed by atoms with Crippen LogP contribution in [0.5, 0.6) is 0 Å². The monoisotopic (exact) mass is 252 g/mol. The molecule has 2 aliphatic rings. The van der Waals surface area contributed by atoms with Crippen LogP contribution in [-0.4, -0.2) is 24.8 Å². The molecule has 2 bridgehead atoms. The zero-order valence-electron chi connectivity index (χ0n) is 5.04. The highest BCUT2D eigenvalue weighted by Gasteiger charge is 2.36. The number of hydrogen-bond acceptors (Lipinski definition) is 3. The first-order valence-corrected chi connectivity index (χ1v) is 4.04. The van der Waals surface area contributed by atoms with Gasteiger partial charge in [-0.2, -0.15) is 0 Å². The first-order chi connectivity index (χ1) is 4.77. The van der Waals surface area contributed by atoms with Crippen LogP contribution in [0.1, 0.15) is 0 Å². The molecule has 10 heavy (non-hydrogen) atoms. The van der Waals surface area contributed by atoms with Crippen molar-refractivity contribution < 1.29 is 14.3 Å². The van der Waals surface area contributed by atoms with Gasteiger partial charge in [-0.05, 0) is 28.7 Å². The highest BCUT2D eigenvalue weighted by molar-refractivity contribution is 14.1. The Bertz CT molecular complexity index is 211. The predicted molar refractivity (Wildman–Crippen MR) is 41.7 cm³/mol. The standard InChI is InChI=1S/C6H5IO3/c7-4-1-3-2-9-6(10-3)5(4)8/h1,3,6H,2H2/t3-,6-/m0/s1. The van der Waals surface area contributed by atoms with Gasteiger partial charge in [0.1, 0.15) is 6.10 Å². The Kier molecular flexibility index (Phi) is 1.54. The zero-order chi connectivity index (χ0) is 7.14. The van der Waals surface area contributed by atoms with E-state index in [9.17, 15) is 4.79 Å². The van der Waals surface area contributed by atoms with Gasteiger partial charge in [-0.1, -0.05) is 0 Å². The quantitative estimate of drug-likeness (QED) is 0.593. The van der Waals surface area contributed by atoms with E-state index in [1.165, 1.54) is 0 Å². The van der Waals surface area contributed by atoms with Crippen LogP contribution in [0.15, 0.2) is 9.66 Å². The van der Waals surface area contributed by atoms with Gasteiger partial charge in [0.15, 0.2) is 0 Å². The maximum absolute atomic E-state index is 11.1. The minimum absolute atomic E-state index is 0.00889. The summed E-state index contributed by atoms with van der Waals surface area (Å²) in [6.45, 7) is 0.517. The van der Waals surface area contributed by atoms with Gasteiger partial charge in [0.25, 0.3) is 0 Å². The van der Waals surface area contributed by atoms with Gasteiger partial charge in [0, 0.05) is 0 Å². The van der Waals surface area contributed by atoms with Crippen LogP contribution in [0.3, 0.4) is 0 Å². The molecule has 0 amide bonds. The molecule has 0 N–H and O–H groups in total. The van der Waals surface area contributed by atoms with Crippen LogP contribution in [0.25, 0.3) is 0 Å². The Morgan fingerprint density at radius 3 is 3.30 bits per heavy atom. The molecular weight excluding hydrogens is 247 g/mol. The van der Waals surface area contributed by atoms with Crippen LogP contribution in [-0.2, 0) is 14.3 Å². The van der Waals surface area contributed by atoms with E-state index in [1.807, 2.05) is 22.6 Å². The average Bonchev–Trinajstić information content (AvgIpc) is 2.29. The summed E-state index contributed by atoms with van der Waals surface area (Å²) in [6.07, 6.45) is 1.20. The third-order valence-corrected chi connectivity index (χ3v) is 2.38. The fourth-order valence-corrected chi connectivity index (χ4v) is 1.66. The van der Waals surface area contributed by atoms with Gasteiger partial charge >= 0.3 is 0 Å². The maximum Gasteiger partial charge on any atom is 0.224 e. The molecular formula is C6H5IO3. The molecule has 1 fully saturated rings. The number of Topliss-reactive ketones (excluding diaryl/α,β-unsaturated/α-hetero) is 1. The van der Waals surface area contributed by atoms with Gasteiger partial charge in [-0.25, -0.2) is 0 Å². The van der Waals surface area contributed by atoms with Crippen molar-refractivity contribution in [1.29, 1.82) is 0 Å². The van der Waals surface area contributed by atoms with Gasteiger partial charge in [0.2, 0.25) is 12.1 Å². The number of carbonyl (C=O) groups is 1. The summed E-state index contributed by atoms with van der Waals surface area (Å²) in [7, 11) is 0. The highest BCUT2D eigenvalue weighted by atomic mass is 127. The molecule has 2 atom stereocenters. The lowest BCUT2D eigenvalue weighted by Gasteiger charge is -2.12. The summed E-state index contributed by atoms with van der Waals surface area (Å²) >= 11 is 2.00. The van der Waals surface area contributed by atoms with Crippen molar-refractivity contribution in [2.45, 2.75) is 12.4 Å². The van der Waals surface area contributed by atoms with E-state index in [2.05, 4.69) is 0 Å². The predicted octanol–water partition coefficient (Wildman–Crippen LogP) is 0.629. The van der Waals surface area contributed by atoms with Gasteiger partial charge in [-0.3, -0.25) is 4.79 Å². The van der Waals surface area contributed by atoms with Crippen LogP contribution >= 0.6 is 22.6 Å². The van der Waals surface area contributed by atoms with Crippen molar-refractivity contribution in [2.24, 2.45) is 0 Å². The summed E-state index contributed by atoms with van der Waals surface area (Å²) in [5.41, 5.74) is 0. The van der Waals surface area contributed by atoms with Crippen molar-refractivity contribution in [2.75, 3.05) is 6.61 Å². The Morgan fingerprint density at radius 1 is 1.70 bits per heavy atom. The van der Waals surface area contributed by atoms with Crippen molar-refractivity contribution in [1.82, 2.24) is 0 Å². The molecule has 0 unspecified atom stereocenters. The van der Waals surface area contributed by atoms with Gasteiger partial charge in [0.05, 0.1) is 10.2 Å². The zero-order valence-corrected chi connectivity index (χ0v) is 7.20. The number of halogens is 1. The second-order valence-corrected chi connectivity index (χ2v) is 3.38. The molecule has 0 aliphatic carbocycles. The lowest BCUT2D eigenvalue weighted by molar-refractivity contribution is -0.141. The van der Waals surface area contributed by atoms with E-state index in [-0.39, 0.29) is 11.9 Å². The molecule has 54 valence electrons. The number of fused-ring (bicyclic) bond motifs is 2. The summed E-state index contributed by atoms with van der Waals surface area (Å²) in [5.74, 6) is -0.0469. The first-order valence-electron chi connectivity index (χ1n) is 2.96. The van der Waals surface area contributed by atoms with Crippen LogP contribution < -0.4 is 0 Å². The molecule has 0 aromatic carbocycles. The van der Waals surface area contributed by atoms with E-state index in [0.717, 1.165) is 3.58 Å². The third-order valence-electron chi connectivity index (χ3n) is 1.49. The molecule has 0 saturated carbocycles. The third kappa shape index (κ3) is 0.906. The largest absolute Gasteiger partial charge is 0.343 e. The fraction of sp³-hybridized carbons (Fsp3) is 0.500. The molecule has 0 aromatic rings. The maximum atomic E-state index is 11.1. The van der Waals surface area contributed by atoms with E-state index in [4.69, 9.17) is 9.47 Å². The summed E-state index contributed by atoms with van der Waals surface area (Å²) in [5, 5.41) is 0. The normalized spacial score (nSPS) is 38.1. The number of rotatable bonds is 0. The topological polar surface area (TPSA) is 35.5 Å². The Labute approximate surface area is 71.5 Å². The Hall–Kier alpha value is 0.0600. The summed E-state index contributed by atoms with van der Waals surface area (Å²) in [4.78, 5) is 11.1. The van der Waals surface area contributed by atoms with Crippen LogP contribution in [0.2, 0.25) is 0 Å². The molecule has 2 rings (SSSR count). The molecule has 2 heterocycles. The minimum atomic E-state index is -0.609. The lowest BCUT2D eigenvalue weighted by atomic mass is 10.2. The van der Waals surface area contributed by atoms with E-state index in [1.54, 1.807) is 6.08 Å². The van der Waals surface area contributed by atoms with Gasteiger partial charge in [-0.15, -0.1) is 0 Å². The Morgan fingerprint density at radius 2 is 2.50 bits per heavy atom. The van der Waals surface area contributed by atoms with E-state index in [0.29, 0.717) is 6.61 Å². The van der Waals surface area contributed by atoms with Gasteiger partial charge < -0.3 is 9.47 Å². The summed E-state index contributed by atoms with van der Waals surface area (Å²) < 4.78 is 10.9. The summed E-state index contributed by atoms with van der Waals surface area (Å²) in [6, 6.07) is 0. The molecule has 0 aromatic heterocycles. The number of carbonyl (C=O) groups excluding carboxylic acids is 1. The number of hydrogen-bond donors (Lipinski definition) is 0. The Balaban J connectivity index is 2.33.